The van der Waals surface area contributed by atoms with Crippen molar-refractivity contribution in [3.05, 3.63) is 30.1 Å². The van der Waals surface area contributed by atoms with Crippen LogP contribution in [-0.4, -0.2) is 21.3 Å². The van der Waals surface area contributed by atoms with Crippen LogP contribution < -0.4 is 0 Å². The van der Waals surface area contributed by atoms with E-state index in [2.05, 4.69) is 4.98 Å². The Bertz CT molecular complexity index is 508. The van der Waals surface area contributed by atoms with Crippen molar-refractivity contribution >= 4 is 11.0 Å². The van der Waals surface area contributed by atoms with Crippen LogP contribution in [0.15, 0.2) is 24.5 Å². The molecule has 5 heteroatoms. The van der Waals surface area contributed by atoms with Crippen molar-refractivity contribution in [1.29, 1.82) is 0 Å². The molecule has 0 saturated carbocycles. The predicted octanol–water partition coefficient (Wildman–Crippen LogP) is 2.05. The lowest BCUT2D eigenvalue weighted by Crippen LogP contribution is -2.14. The monoisotopic (exact) mass is 226 g/mol. The third-order valence-electron chi connectivity index (χ3n) is 2.55. The lowest BCUT2D eigenvalue weighted by Gasteiger charge is -2.13. The Balaban J connectivity index is 2.61. The highest BCUT2D eigenvalue weighted by molar-refractivity contribution is 5.81. The Kier molecular flexibility index (Phi) is 2.63. The van der Waals surface area contributed by atoms with Crippen molar-refractivity contribution in [1.82, 2.24) is 9.55 Å². The molecule has 0 bridgehead atoms. The van der Waals surface area contributed by atoms with E-state index in [1.807, 2.05) is 0 Å². The fraction of sp³-hybridized carbons (Fsp3) is 0.364. The second kappa shape index (κ2) is 3.83. The van der Waals surface area contributed by atoms with Gasteiger partial charge in [-0.2, -0.15) is 0 Å². The zero-order valence-corrected chi connectivity index (χ0v) is 8.82. The van der Waals surface area contributed by atoms with E-state index in [1.165, 1.54) is 6.20 Å². The molecule has 0 atom stereocenters. The van der Waals surface area contributed by atoms with Gasteiger partial charge in [0, 0.05) is 43.4 Å². The SMILES string of the molecule is Cn1cc(C(F)(F)CCO)c2cccnc21. The molecule has 0 aliphatic carbocycles. The van der Waals surface area contributed by atoms with Crippen LogP contribution in [0.4, 0.5) is 8.78 Å². The van der Waals surface area contributed by atoms with E-state index in [9.17, 15) is 8.78 Å². The van der Waals surface area contributed by atoms with Crippen LogP contribution in [-0.2, 0) is 13.0 Å². The Morgan fingerprint density at radius 1 is 1.50 bits per heavy atom. The number of nitrogens with zero attached hydrogens (tertiary/aromatic N) is 2. The van der Waals surface area contributed by atoms with Gasteiger partial charge in [0.25, 0.3) is 5.92 Å². The summed E-state index contributed by atoms with van der Waals surface area (Å²) < 4.78 is 29.0. The molecule has 2 heterocycles. The summed E-state index contributed by atoms with van der Waals surface area (Å²) in [7, 11) is 1.67. The van der Waals surface area contributed by atoms with Gasteiger partial charge in [0.2, 0.25) is 0 Å². The zero-order chi connectivity index (χ0) is 11.8. The molecule has 0 aliphatic rings. The van der Waals surface area contributed by atoms with E-state index in [-0.39, 0.29) is 5.56 Å². The molecule has 0 saturated heterocycles. The molecule has 0 spiro atoms. The van der Waals surface area contributed by atoms with Gasteiger partial charge in [0.05, 0.1) is 0 Å². The van der Waals surface area contributed by atoms with Gasteiger partial charge < -0.3 is 9.67 Å². The molecule has 0 fully saturated rings. The minimum Gasteiger partial charge on any atom is -0.396 e. The molecular weight excluding hydrogens is 214 g/mol. The number of rotatable bonds is 3. The van der Waals surface area contributed by atoms with Gasteiger partial charge in [-0.3, -0.25) is 0 Å². The first-order chi connectivity index (χ1) is 7.56. The summed E-state index contributed by atoms with van der Waals surface area (Å²) in [5.41, 5.74) is 0.447. The highest BCUT2D eigenvalue weighted by Crippen LogP contribution is 2.36. The Labute approximate surface area is 91.3 Å². The average molecular weight is 226 g/mol. The second-order valence-corrected chi connectivity index (χ2v) is 3.71. The average Bonchev–Trinajstić information content (AvgIpc) is 2.58. The molecular formula is C11H12F2N2O. The smallest absolute Gasteiger partial charge is 0.277 e. The summed E-state index contributed by atoms with van der Waals surface area (Å²) in [6.07, 6.45) is 2.37. The number of alkyl halides is 2. The van der Waals surface area contributed by atoms with Crippen LogP contribution in [0.5, 0.6) is 0 Å². The lowest BCUT2D eigenvalue weighted by atomic mass is 10.1. The van der Waals surface area contributed by atoms with Crippen molar-refractivity contribution in [2.24, 2.45) is 7.05 Å². The minimum atomic E-state index is -3.02. The number of aliphatic hydroxyl groups is 1. The van der Waals surface area contributed by atoms with Gasteiger partial charge in [0.15, 0.2) is 0 Å². The van der Waals surface area contributed by atoms with Crippen LogP contribution in [0.2, 0.25) is 0 Å². The fourth-order valence-electron chi connectivity index (χ4n) is 1.78. The maximum atomic E-state index is 13.7. The lowest BCUT2D eigenvalue weighted by molar-refractivity contribution is -0.0256. The first-order valence-electron chi connectivity index (χ1n) is 4.95. The molecule has 2 rings (SSSR count). The number of fused-ring (bicyclic) bond motifs is 1. The van der Waals surface area contributed by atoms with E-state index >= 15 is 0 Å². The summed E-state index contributed by atoms with van der Waals surface area (Å²) in [5, 5.41) is 9.07. The van der Waals surface area contributed by atoms with E-state index in [1.54, 1.807) is 29.9 Å². The van der Waals surface area contributed by atoms with Crippen molar-refractivity contribution in [3.63, 3.8) is 0 Å². The molecule has 2 aromatic heterocycles. The van der Waals surface area contributed by atoms with Crippen molar-refractivity contribution < 1.29 is 13.9 Å². The fourth-order valence-corrected chi connectivity index (χ4v) is 1.78. The number of aromatic nitrogens is 2. The van der Waals surface area contributed by atoms with Crippen LogP contribution in [0, 0.1) is 0 Å². The first kappa shape index (κ1) is 11.0. The number of aliphatic hydroxyl groups excluding tert-OH is 1. The maximum absolute atomic E-state index is 13.7. The molecule has 0 amide bonds. The zero-order valence-electron chi connectivity index (χ0n) is 8.82. The molecule has 1 N–H and O–H groups in total. The van der Waals surface area contributed by atoms with Crippen LogP contribution >= 0.6 is 0 Å². The van der Waals surface area contributed by atoms with Gasteiger partial charge >= 0.3 is 0 Å². The molecule has 2 aromatic rings. The predicted molar refractivity (Wildman–Crippen MR) is 56.3 cm³/mol. The molecule has 0 unspecified atom stereocenters. The summed E-state index contributed by atoms with van der Waals surface area (Å²) in [6, 6.07) is 3.24. The van der Waals surface area contributed by atoms with E-state index in [0.29, 0.717) is 11.0 Å². The largest absolute Gasteiger partial charge is 0.396 e. The third-order valence-corrected chi connectivity index (χ3v) is 2.55. The minimum absolute atomic E-state index is 0.0767. The quantitative estimate of drug-likeness (QED) is 0.869. The highest BCUT2D eigenvalue weighted by Gasteiger charge is 2.34. The molecule has 3 nitrogen and oxygen atoms in total. The van der Waals surface area contributed by atoms with Gasteiger partial charge in [-0.15, -0.1) is 0 Å². The van der Waals surface area contributed by atoms with Crippen LogP contribution in [0.25, 0.3) is 11.0 Å². The standard InChI is InChI=1S/C11H12F2N2O/c1-15-7-9(11(12,13)4-6-16)8-3-2-5-14-10(8)15/h2-3,5,7,16H,4,6H2,1H3. The molecule has 16 heavy (non-hydrogen) atoms. The second-order valence-electron chi connectivity index (χ2n) is 3.71. The topological polar surface area (TPSA) is 38.0 Å². The summed E-state index contributed by atoms with van der Waals surface area (Å²) in [5.74, 6) is -3.02. The van der Waals surface area contributed by atoms with E-state index in [0.717, 1.165) is 0 Å². The highest BCUT2D eigenvalue weighted by atomic mass is 19.3. The Hall–Kier alpha value is -1.49. The normalized spacial score (nSPS) is 12.2. The summed E-state index contributed by atoms with van der Waals surface area (Å²) in [4.78, 5) is 4.04. The maximum Gasteiger partial charge on any atom is 0.277 e. The van der Waals surface area contributed by atoms with Crippen LogP contribution in [0.3, 0.4) is 0 Å². The number of pyridine rings is 1. The third kappa shape index (κ3) is 1.67. The first-order valence-corrected chi connectivity index (χ1v) is 4.95. The van der Waals surface area contributed by atoms with Gasteiger partial charge in [0.1, 0.15) is 5.65 Å². The number of hydrogen-bond acceptors (Lipinski definition) is 2. The van der Waals surface area contributed by atoms with E-state index in [4.69, 9.17) is 5.11 Å². The molecule has 0 aromatic carbocycles. The van der Waals surface area contributed by atoms with Crippen molar-refractivity contribution in [3.8, 4) is 0 Å². The number of aryl methyl sites for hydroxylation is 1. The van der Waals surface area contributed by atoms with Gasteiger partial charge in [-0.1, -0.05) is 0 Å². The molecule has 86 valence electrons. The molecule has 0 radical (unpaired) electrons. The van der Waals surface area contributed by atoms with Crippen molar-refractivity contribution in [2.75, 3.05) is 6.61 Å². The van der Waals surface area contributed by atoms with Gasteiger partial charge in [-0.05, 0) is 12.1 Å². The summed E-state index contributed by atoms with van der Waals surface area (Å²) in [6.45, 7) is -0.538. The molecule has 0 aliphatic heterocycles. The van der Waals surface area contributed by atoms with Gasteiger partial charge in [-0.25, -0.2) is 13.8 Å². The van der Waals surface area contributed by atoms with Crippen LogP contribution in [0.1, 0.15) is 12.0 Å². The Morgan fingerprint density at radius 3 is 2.94 bits per heavy atom. The Morgan fingerprint density at radius 2 is 2.25 bits per heavy atom. The van der Waals surface area contributed by atoms with Crippen molar-refractivity contribution in [2.45, 2.75) is 12.3 Å². The number of hydrogen-bond donors (Lipinski definition) is 1. The summed E-state index contributed by atoms with van der Waals surface area (Å²) >= 11 is 0. The number of halogens is 2. The van der Waals surface area contributed by atoms with E-state index < -0.39 is 19.0 Å².